The number of rotatable bonds is 6. The van der Waals surface area contributed by atoms with Crippen molar-refractivity contribution in [2.45, 2.75) is 37.4 Å². The van der Waals surface area contributed by atoms with Gasteiger partial charge in [0, 0.05) is 63.5 Å². The molecule has 1 aromatic carbocycles. The van der Waals surface area contributed by atoms with Gasteiger partial charge in [-0.25, -0.2) is 0 Å². The van der Waals surface area contributed by atoms with Crippen LogP contribution in [-0.4, -0.2) is 88.7 Å². The summed E-state index contributed by atoms with van der Waals surface area (Å²) in [5.74, 6) is 0.471. The van der Waals surface area contributed by atoms with Crippen molar-refractivity contribution in [3.05, 3.63) is 29.8 Å². The zero-order chi connectivity index (χ0) is 22.8. The number of anilines is 1. The molecule has 9 heteroatoms. The van der Waals surface area contributed by atoms with E-state index in [9.17, 15) is 14.4 Å². The van der Waals surface area contributed by atoms with Gasteiger partial charge in [0.2, 0.25) is 5.91 Å². The van der Waals surface area contributed by atoms with Crippen LogP contribution in [0.25, 0.3) is 0 Å². The van der Waals surface area contributed by atoms with Gasteiger partial charge in [-0.15, -0.1) is 0 Å². The van der Waals surface area contributed by atoms with E-state index >= 15 is 0 Å². The number of likely N-dealkylation sites (tertiary alicyclic amines) is 1. The number of thioether (sulfide) groups is 1. The normalized spacial score (nSPS) is 23.7. The van der Waals surface area contributed by atoms with Crippen molar-refractivity contribution in [1.29, 1.82) is 0 Å². The number of amidine groups is 1. The number of aliphatic imine (C=N–C) groups is 1. The minimum atomic E-state index is -0.458. The van der Waals surface area contributed by atoms with E-state index in [0.29, 0.717) is 11.3 Å². The standard InChI is InChI=1S/C24H31N5O3S/c30-21(15-20-22(31)26-24(33-20)29-9-1-2-10-29)25-19-7-5-18(6-8-19)23(32)28-13-11-27(12-14-28)16-17-3-4-17/h5-8,17,20H,1-4,9-16H2,(H,25,30). The van der Waals surface area contributed by atoms with E-state index < -0.39 is 5.25 Å². The molecular formula is C24H31N5O3S. The molecule has 1 unspecified atom stereocenters. The number of nitrogens with one attached hydrogen (secondary N) is 1. The molecule has 3 aliphatic heterocycles. The molecule has 3 amide bonds. The summed E-state index contributed by atoms with van der Waals surface area (Å²) < 4.78 is 0. The maximum Gasteiger partial charge on any atom is 0.262 e. The second kappa shape index (κ2) is 9.85. The Kier molecular flexibility index (Phi) is 6.69. The van der Waals surface area contributed by atoms with Crippen LogP contribution in [0.5, 0.6) is 0 Å². The fourth-order valence-electron chi connectivity index (χ4n) is 4.61. The summed E-state index contributed by atoms with van der Waals surface area (Å²) in [4.78, 5) is 48.2. The van der Waals surface area contributed by atoms with E-state index in [-0.39, 0.29) is 24.1 Å². The monoisotopic (exact) mass is 469 g/mol. The summed E-state index contributed by atoms with van der Waals surface area (Å²) >= 11 is 1.40. The van der Waals surface area contributed by atoms with Crippen molar-refractivity contribution in [3.8, 4) is 0 Å². The molecule has 3 fully saturated rings. The van der Waals surface area contributed by atoms with E-state index in [1.807, 2.05) is 4.90 Å². The number of hydrogen-bond donors (Lipinski definition) is 1. The van der Waals surface area contributed by atoms with Crippen molar-refractivity contribution in [2.75, 3.05) is 51.1 Å². The number of hydrogen-bond acceptors (Lipinski definition) is 6. The molecule has 0 radical (unpaired) electrons. The highest BCUT2D eigenvalue weighted by molar-refractivity contribution is 8.15. The number of piperazine rings is 1. The largest absolute Gasteiger partial charge is 0.351 e. The molecule has 33 heavy (non-hydrogen) atoms. The Labute approximate surface area is 198 Å². The molecule has 8 nitrogen and oxygen atoms in total. The number of benzene rings is 1. The zero-order valence-electron chi connectivity index (χ0n) is 18.9. The Balaban J connectivity index is 1.08. The highest BCUT2D eigenvalue weighted by Crippen LogP contribution is 2.30. The Morgan fingerprint density at radius 3 is 2.36 bits per heavy atom. The number of amides is 3. The molecule has 0 aromatic heterocycles. The van der Waals surface area contributed by atoms with Gasteiger partial charge in [0.05, 0.1) is 0 Å². The molecule has 0 bridgehead atoms. The van der Waals surface area contributed by atoms with Crippen LogP contribution in [0.3, 0.4) is 0 Å². The number of carbonyl (C=O) groups excluding carboxylic acids is 3. The van der Waals surface area contributed by atoms with Crippen molar-refractivity contribution in [3.63, 3.8) is 0 Å². The predicted octanol–water partition coefficient (Wildman–Crippen LogP) is 2.28. The van der Waals surface area contributed by atoms with Gasteiger partial charge in [0.1, 0.15) is 5.25 Å². The van der Waals surface area contributed by atoms with Crippen LogP contribution in [0.15, 0.2) is 29.3 Å². The Hall–Kier alpha value is -2.39. The van der Waals surface area contributed by atoms with E-state index in [1.165, 1.54) is 31.1 Å². The van der Waals surface area contributed by atoms with Crippen LogP contribution >= 0.6 is 11.8 Å². The molecule has 1 saturated carbocycles. The highest BCUT2D eigenvalue weighted by atomic mass is 32.2. The average molecular weight is 470 g/mol. The topological polar surface area (TPSA) is 85.3 Å². The van der Waals surface area contributed by atoms with E-state index in [2.05, 4.69) is 20.1 Å². The highest BCUT2D eigenvalue weighted by Gasteiger charge is 2.34. The molecule has 1 aromatic rings. The molecule has 4 aliphatic rings. The van der Waals surface area contributed by atoms with E-state index in [4.69, 9.17) is 0 Å². The lowest BCUT2D eigenvalue weighted by Gasteiger charge is -2.34. The quantitative estimate of drug-likeness (QED) is 0.688. The van der Waals surface area contributed by atoms with Gasteiger partial charge < -0.3 is 15.1 Å². The van der Waals surface area contributed by atoms with Crippen molar-refractivity contribution in [2.24, 2.45) is 10.9 Å². The third-order valence-electron chi connectivity index (χ3n) is 6.76. The molecule has 0 spiro atoms. The number of carbonyl (C=O) groups is 3. The lowest BCUT2D eigenvalue weighted by Crippen LogP contribution is -2.49. The molecule has 1 atom stereocenters. The van der Waals surface area contributed by atoms with Crippen LogP contribution in [0, 0.1) is 5.92 Å². The molecule has 2 saturated heterocycles. The van der Waals surface area contributed by atoms with Gasteiger partial charge in [-0.2, -0.15) is 4.99 Å². The number of nitrogens with zero attached hydrogens (tertiary/aromatic N) is 4. The minimum Gasteiger partial charge on any atom is -0.351 e. The van der Waals surface area contributed by atoms with Crippen LogP contribution in [0.1, 0.15) is 42.5 Å². The van der Waals surface area contributed by atoms with Crippen LogP contribution in [0.4, 0.5) is 5.69 Å². The summed E-state index contributed by atoms with van der Waals surface area (Å²) in [6.07, 6.45) is 5.04. The zero-order valence-corrected chi connectivity index (χ0v) is 19.7. The second-order valence-corrected chi connectivity index (χ2v) is 10.6. The van der Waals surface area contributed by atoms with Crippen LogP contribution in [0.2, 0.25) is 0 Å². The third-order valence-corrected chi connectivity index (χ3v) is 7.98. The minimum absolute atomic E-state index is 0.0403. The summed E-state index contributed by atoms with van der Waals surface area (Å²) in [5.41, 5.74) is 1.26. The van der Waals surface area contributed by atoms with Crippen molar-refractivity contribution >= 4 is 40.3 Å². The first-order valence-electron chi connectivity index (χ1n) is 12.0. The predicted molar refractivity (Wildman–Crippen MR) is 129 cm³/mol. The second-order valence-electron chi connectivity index (χ2n) is 9.40. The molecule has 1 aliphatic carbocycles. The first-order chi connectivity index (χ1) is 16.0. The first kappa shape index (κ1) is 22.4. The summed E-state index contributed by atoms with van der Waals surface area (Å²) in [5, 5.41) is 3.15. The van der Waals surface area contributed by atoms with Crippen molar-refractivity contribution < 1.29 is 14.4 Å². The third kappa shape index (κ3) is 5.58. The van der Waals surface area contributed by atoms with Crippen molar-refractivity contribution in [1.82, 2.24) is 14.7 Å². The summed E-state index contributed by atoms with van der Waals surface area (Å²) in [7, 11) is 0. The van der Waals surface area contributed by atoms with E-state index in [0.717, 1.165) is 63.2 Å². The van der Waals surface area contributed by atoms with Gasteiger partial charge in [0.25, 0.3) is 11.8 Å². The van der Waals surface area contributed by atoms with Gasteiger partial charge in [-0.3, -0.25) is 19.3 Å². The molecular weight excluding hydrogens is 438 g/mol. The maximum atomic E-state index is 12.8. The molecule has 3 heterocycles. The smallest absolute Gasteiger partial charge is 0.262 e. The first-order valence-corrected chi connectivity index (χ1v) is 12.9. The van der Waals surface area contributed by atoms with E-state index in [1.54, 1.807) is 24.3 Å². The lowest BCUT2D eigenvalue weighted by atomic mass is 10.1. The Morgan fingerprint density at radius 1 is 1.00 bits per heavy atom. The van der Waals surface area contributed by atoms with Crippen LogP contribution in [-0.2, 0) is 9.59 Å². The Bertz CT molecular complexity index is 932. The van der Waals surface area contributed by atoms with Gasteiger partial charge in [-0.1, -0.05) is 11.8 Å². The maximum absolute atomic E-state index is 12.8. The lowest BCUT2D eigenvalue weighted by molar-refractivity contribution is -0.121. The van der Waals surface area contributed by atoms with Gasteiger partial charge in [0.15, 0.2) is 5.17 Å². The van der Waals surface area contributed by atoms with Crippen LogP contribution < -0.4 is 5.32 Å². The fourth-order valence-corrected chi connectivity index (χ4v) is 5.73. The fraction of sp³-hybridized carbons (Fsp3) is 0.583. The SMILES string of the molecule is O=C(CC1SC(N2CCCC2)=NC1=O)Nc1ccc(C(=O)N2CCN(CC3CC3)CC2)cc1. The molecule has 176 valence electrons. The average Bonchev–Trinajstić information content (AvgIpc) is 3.31. The summed E-state index contributed by atoms with van der Waals surface area (Å²) in [6, 6.07) is 7.03. The summed E-state index contributed by atoms with van der Waals surface area (Å²) in [6.45, 7) is 6.44. The van der Waals surface area contributed by atoms with Gasteiger partial charge in [-0.05, 0) is 55.9 Å². The Morgan fingerprint density at radius 2 is 1.70 bits per heavy atom. The molecule has 1 N–H and O–H groups in total. The van der Waals surface area contributed by atoms with Gasteiger partial charge >= 0.3 is 0 Å². The molecule has 5 rings (SSSR count).